The highest BCUT2D eigenvalue weighted by Gasteiger charge is 2.14. The van der Waals surface area contributed by atoms with Crippen LogP contribution in [0.15, 0.2) is 12.1 Å². The van der Waals surface area contributed by atoms with E-state index in [0.717, 1.165) is 0 Å². The van der Waals surface area contributed by atoms with Gasteiger partial charge in [-0.2, -0.15) is 5.26 Å². The molecule has 3 nitrogen and oxygen atoms in total. The number of carbonyl (C=O) groups is 1. The molecule has 0 saturated heterocycles. The Morgan fingerprint density at radius 2 is 2.25 bits per heavy atom. The number of halogens is 1. The van der Waals surface area contributed by atoms with Crippen molar-refractivity contribution in [3.8, 4) is 6.07 Å². The lowest BCUT2D eigenvalue weighted by Gasteiger charge is -2.08. The zero-order chi connectivity index (χ0) is 12.1. The summed E-state index contributed by atoms with van der Waals surface area (Å²) in [6.07, 6.45) is -0.0691. The van der Waals surface area contributed by atoms with Gasteiger partial charge in [-0.1, -0.05) is 6.07 Å². The van der Waals surface area contributed by atoms with Crippen molar-refractivity contribution in [3.05, 3.63) is 34.6 Å². The highest BCUT2D eigenvalue weighted by molar-refractivity contribution is 5.74. The number of rotatable bonds is 3. The number of nitrogens with zero attached hydrogens (tertiary/aromatic N) is 1. The van der Waals surface area contributed by atoms with Gasteiger partial charge in [0.25, 0.3) is 0 Å². The molecule has 0 amide bonds. The molecule has 0 aliphatic carbocycles. The lowest BCUT2D eigenvalue weighted by molar-refractivity contribution is -0.142. The van der Waals surface area contributed by atoms with Crippen molar-refractivity contribution in [2.45, 2.75) is 20.3 Å². The first-order chi connectivity index (χ1) is 7.60. The molecule has 0 unspecified atom stereocenters. The highest BCUT2D eigenvalue weighted by atomic mass is 19.1. The smallest absolute Gasteiger partial charge is 0.310 e. The van der Waals surface area contributed by atoms with Crippen LogP contribution in [0.1, 0.15) is 23.6 Å². The molecule has 0 fully saturated rings. The summed E-state index contributed by atoms with van der Waals surface area (Å²) in [5, 5.41) is 8.82. The van der Waals surface area contributed by atoms with Crippen LogP contribution >= 0.6 is 0 Å². The summed E-state index contributed by atoms with van der Waals surface area (Å²) in [5.41, 5.74) is 1.04. The van der Waals surface area contributed by atoms with Crippen LogP contribution in [-0.2, 0) is 16.0 Å². The Labute approximate surface area is 93.5 Å². The van der Waals surface area contributed by atoms with Crippen LogP contribution in [0.5, 0.6) is 0 Å². The van der Waals surface area contributed by atoms with E-state index in [9.17, 15) is 9.18 Å². The van der Waals surface area contributed by atoms with Crippen LogP contribution in [0.2, 0.25) is 0 Å². The quantitative estimate of drug-likeness (QED) is 0.734. The first-order valence-corrected chi connectivity index (χ1v) is 4.93. The van der Waals surface area contributed by atoms with Gasteiger partial charge >= 0.3 is 5.97 Å². The van der Waals surface area contributed by atoms with Gasteiger partial charge in [-0.05, 0) is 31.0 Å². The molecule has 4 heteroatoms. The van der Waals surface area contributed by atoms with Gasteiger partial charge in [-0.25, -0.2) is 4.39 Å². The number of carbonyl (C=O) groups excluding carboxylic acids is 1. The summed E-state index contributed by atoms with van der Waals surface area (Å²) in [4.78, 5) is 11.3. The van der Waals surface area contributed by atoms with Crippen LogP contribution in [0.25, 0.3) is 0 Å². The lowest BCUT2D eigenvalue weighted by Crippen LogP contribution is -2.10. The summed E-state index contributed by atoms with van der Waals surface area (Å²) in [7, 11) is 0. The van der Waals surface area contributed by atoms with E-state index in [2.05, 4.69) is 0 Å². The molecule has 0 atom stereocenters. The Balaban J connectivity index is 3.08. The molecule has 16 heavy (non-hydrogen) atoms. The third kappa shape index (κ3) is 2.57. The molecule has 0 spiro atoms. The Morgan fingerprint density at radius 3 is 2.81 bits per heavy atom. The number of ether oxygens (including phenoxy) is 1. The summed E-state index contributed by atoms with van der Waals surface area (Å²) >= 11 is 0. The van der Waals surface area contributed by atoms with E-state index < -0.39 is 11.8 Å². The normalized spacial score (nSPS) is 9.62. The van der Waals surface area contributed by atoms with E-state index in [-0.39, 0.29) is 18.6 Å². The second-order valence-corrected chi connectivity index (χ2v) is 3.31. The highest BCUT2D eigenvalue weighted by Crippen LogP contribution is 2.18. The van der Waals surface area contributed by atoms with E-state index in [4.69, 9.17) is 10.00 Å². The van der Waals surface area contributed by atoms with E-state index in [1.54, 1.807) is 26.0 Å². The van der Waals surface area contributed by atoms with Crippen molar-refractivity contribution < 1.29 is 13.9 Å². The number of hydrogen-bond acceptors (Lipinski definition) is 3. The maximum absolute atomic E-state index is 13.3. The molecule has 0 radical (unpaired) electrons. The molecule has 1 aromatic rings. The van der Waals surface area contributed by atoms with Crippen LogP contribution in [0.4, 0.5) is 4.39 Å². The number of aryl methyl sites for hydroxylation is 1. The fourth-order valence-electron chi connectivity index (χ4n) is 1.43. The number of esters is 1. The minimum absolute atomic E-state index is 0.0691. The number of benzene rings is 1. The third-order valence-electron chi connectivity index (χ3n) is 2.23. The summed E-state index contributed by atoms with van der Waals surface area (Å²) < 4.78 is 18.1. The van der Waals surface area contributed by atoms with Crippen molar-refractivity contribution >= 4 is 5.97 Å². The fraction of sp³-hybridized carbons (Fsp3) is 0.333. The lowest BCUT2D eigenvalue weighted by atomic mass is 9.99. The first-order valence-electron chi connectivity index (χ1n) is 4.93. The van der Waals surface area contributed by atoms with Crippen LogP contribution < -0.4 is 0 Å². The first kappa shape index (κ1) is 12.2. The van der Waals surface area contributed by atoms with Gasteiger partial charge in [0.1, 0.15) is 11.9 Å². The molecule has 0 aliphatic heterocycles. The van der Waals surface area contributed by atoms with Crippen molar-refractivity contribution in [1.82, 2.24) is 0 Å². The predicted molar refractivity (Wildman–Crippen MR) is 56.2 cm³/mol. The molecular weight excluding hydrogens is 209 g/mol. The van der Waals surface area contributed by atoms with E-state index in [1.165, 1.54) is 6.07 Å². The van der Waals surface area contributed by atoms with Crippen LogP contribution in [-0.4, -0.2) is 12.6 Å². The average molecular weight is 221 g/mol. The van der Waals surface area contributed by atoms with Gasteiger partial charge < -0.3 is 4.74 Å². The summed E-state index contributed by atoms with van der Waals surface area (Å²) in [6, 6.07) is 4.54. The van der Waals surface area contributed by atoms with Gasteiger partial charge in [0.2, 0.25) is 0 Å². The molecular formula is C12H12FNO2. The Bertz CT molecular complexity index is 449. The zero-order valence-corrected chi connectivity index (χ0v) is 9.21. The minimum atomic E-state index is -0.604. The van der Waals surface area contributed by atoms with Gasteiger partial charge in [-0.3, -0.25) is 4.79 Å². The van der Waals surface area contributed by atoms with Crippen molar-refractivity contribution in [2.75, 3.05) is 6.61 Å². The summed E-state index contributed by atoms with van der Waals surface area (Å²) in [5.74, 6) is -1.06. The SMILES string of the molecule is CCOC(=O)Cc1c(C)ccc(F)c1C#N. The monoisotopic (exact) mass is 221 g/mol. The molecule has 0 saturated carbocycles. The van der Waals surface area contributed by atoms with Crippen molar-refractivity contribution in [2.24, 2.45) is 0 Å². The Hall–Kier alpha value is -1.89. The van der Waals surface area contributed by atoms with E-state index in [1.807, 2.05) is 0 Å². The van der Waals surface area contributed by atoms with Crippen LogP contribution in [0, 0.1) is 24.1 Å². The van der Waals surface area contributed by atoms with Gasteiger partial charge in [0.05, 0.1) is 18.6 Å². The number of hydrogen-bond donors (Lipinski definition) is 0. The molecule has 0 aliphatic rings. The van der Waals surface area contributed by atoms with E-state index >= 15 is 0 Å². The second-order valence-electron chi connectivity index (χ2n) is 3.31. The van der Waals surface area contributed by atoms with Crippen molar-refractivity contribution in [1.29, 1.82) is 5.26 Å². The second kappa shape index (κ2) is 5.26. The fourth-order valence-corrected chi connectivity index (χ4v) is 1.43. The van der Waals surface area contributed by atoms with Gasteiger partial charge in [0.15, 0.2) is 0 Å². The van der Waals surface area contributed by atoms with Gasteiger partial charge in [0, 0.05) is 0 Å². The van der Waals surface area contributed by atoms with Crippen molar-refractivity contribution in [3.63, 3.8) is 0 Å². The summed E-state index contributed by atoms with van der Waals surface area (Å²) in [6.45, 7) is 3.70. The molecule has 84 valence electrons. The third-order valence-corrected chi connectivity index (χ3v) is 2.23. The van der Waals surface area contributed by atoms with E-state index in [0.29, 0.717) is 11.1 Å². The Kier molecular flexibility index (Phi) is 4.01. The molecule has 0 aromatic heterocycles. The number of nitriles is 1. The maximum Gasteiger partial charge on any atom is 0.310 e. The predicted octanol–water partition coefficient (Wildman–Crippen LogP) is 2.11. The zero-order valence-electron chi connectivity index (χ0n) is 9.21. The largest absolute Gasteiger partial charge is 0.466 e. The molecule has 1 rings (SSSR count). The average Bonchev–Trinajstić information content (AvgIpc) is 2.24. The molecule has 0 bridgehead atoms. The standard InChI is InChI=1S/C12H12FNO2/c1-3-16-12(15)6-9-8(2)4-5-11(13)10(9)7-14/h4-5H,3,6H2,1-2H3. The van der Waals surface area contributed by atoms with Crippen LogP contribution in [0.3, 0.4) is 0 Å². The topological polar surface area (TPSA) is 50.1 Å². The van der Waals surface area contributed by atoms with Gasteiger partial charge in [-0.15, -0.1) is 0 Å². The molecule has 0 N–H and O–H groups in total. The Morgan fingerprint density at radius 1 is 1.56 bits per heavy atom. The molecule has 1 aromatic carbocycles. The maximum atomic E-state index is 13.3. The molecule has 0 heterocycles. The minimum Gasteiger partial charge on any atom is -0.466 e.